The minimum Gasteiger partial charge on any atom is -0.365 e. The molecule has 0 fully saturated rings. The first-order valence-corrected chi connectivity index (χ1v) is 10.3. The Kier molecular flexibility index (Phi) is 7.71. The summed E-state index contributed by atoms with van der Waals surface area (Å²) in [7, 11) is 0. The number of primary amides is 1. The zero-order valence-electron chi connectivity index (χ0n) is 14.7. The minimum atomic E-state index is -0.512. The molecule has 5 nitrogen and oxygen atoms in total. The maximum Gasteiger partial charge on any atom is 0.257 e. The lowest BCUT2D eigenvalue weighted by molar-refractivity contribution is 0.1000. The molecule has 0 aliphatic carbocycles. The van der Waals surface area contributed by atoms with Crippen molar-refractivity contribution in [2.75, 3.05) is 18.4 Å². The third kappa shape index (κ3) is 4.84. The average molecular weight is 493 g/mol. The second kappa shape index (κ2) is 9.39. The average Bonchev–Trinajstić information content (AvgIpc) is 2.94. The number of carbonyl (C=O) groups excluding carboxylic acids is 2. The molecule has 2 heterocycles. The summed E-state index contributed by atoms with van der Waals surface area (Å²) in [5.74, 6) is -0.870. The fraction of sp³-hybridized carbons (Fsp3) is 0.333. The molecule has 1 aromatic carbocycles. The van der Waals surface area contributed by atoms with Crippen LogP contribution in [-0.4, -0.2) is 29.8 Å². The van der Waals surface area contributed by atoms with E-state index in [1.165, 1.54) is 11.3 Å². The Morgan fingerprint density at radius 3 is 2.81 bits per heavy atom. The number of halogens is 3. The zero-order chi connectivity index (χ0) is 18.8. The number of fused-ring (bicyclic) bond motifs is 1. The number of carbonyl (C=O) groups is 2. The van der Waals surface area contributed by atoms with Gasteiger partial charge in [-0.1, -0.05) is 34.5 Å². The van der Waals surface area contributed by atoms with Crippen molar-refractivity contribution in [3.63, 3.8) is 0 Å². The van der Waals surface area contributed by atoms with Crippen LogP contribution in [0.2, 0.25) is 5.02 Å². The van der Waals surface area contributed by atoms with Crippen molar-refractivity contribution in [2.24, 2.45) is 5.73 Å². The van der Waals surface area contributed by atoms with E-state index in [0.717, 1.165) is 47.4 Å². The highest BCUT2D eigenvalue weighted by molar-refractivity contribution is 9.10. The number of nitrogens with one attached hydrogen (secondary N) is 1. The van der Waals surface area contributed by atoms with E-state index in [4.69, 9.17) is 17.3 Å². The summed E-state index contributed by atoms with van der Waals surface area (Å²) in [5, 5.41) is 3.69. The summed E-state index contributed by atoms with van der Waals surface area (Å²) < 4.78 is 0.753. The van der Waals surface area contributed by atoms with E-state index in [-0.39, 0.29) is 18.3 Å². The van der Waals surface area contributed by atoms with E-state index in [1.54, 1.807) is 18.2 Å². The van der Waals surface area contributed by atoms with Crippen molar-refractivity contribution in [1.82, 2.24) is 4.90 Å². The van der Waals surface area contributed by atoms with E-state index < -0.39 is 5.91 Å². The molecule has 1 aromatic heterocycles. The molecular weight excluding hydrogens is 473 g/mol. The Bertz CT molecular complexity index is 873. The summed E-state index contributed by atoms with van der Waals surface area (Å²) in [6, 6.07) is 5.07. The van der Waals surface area contributed by atoms with E-state index in [2.05, 4.69) is 33.1 Å². The molecule has 27 heavy (non-hydrogen) atoms. The van der Waals surface area contributed by atoms with Gasteiger partial charge >= 0.3 is 0 Å². The van der Waals surface area contributed by atoms with Gasteiger partial charge in [0.1, 0.15) is 5.00 Å². The Labute approximate surface area is 181 Å². The van der Waals surface area contributed by atoms with Crippen LogP contribution in [0.15, 0.2) is 22.7 Å². The van der Waals surface area contributed by atoms with Crippen LogP contribution in [0.3, 0.4) is 0 Å². The normalized spacial score (nSPS) is 13.6. The van der Waals surface area contributed by atoms with Crippen molar-refractivity contribution >= 4 is 68.1 Å². The first-order chi connectivity index (χ1) is 12.4. The van der Waals surface area contributed by atoms with Crippen LogP contribution in [0.4, 0.5) is 5.00 Å². The molecule has 0 spiro atoms. The second-order valence-corrected chi connectivity index (χ2v) is 8.60. The molecule has 2 aromatic rings. The van der Waals surface area contributed by atoms with E-state index in [1.807, 2.05) is 0 Å². The third-order valence-corrected chi connectivity index (χ3v) is 6.28. The lowest BCUT2D eigenvalue weighted by Gasteiger charge is -2.26. The molecule has 1 aliphatic rings. The molecule has 0 saturated carbocycles. The number of amides is 2. The molecule has 0 saturated heterocycles. The van der Waals surface area contributed by atoms with Crippen LogP contribution < -0.4 is 11.1 Å². The number of benzene rings is 1. The quantitative estimate of drug-likeness (QED) is 0.634. The Hall–Kier alpha value is -1.12. The number of rotatable bonds is 5. The largest absolute Gasteiger partial charge is 0.365 e. The van der Waals surface area contributed by atoms with Crippen molar-refractivity contribution in [2.45, 2.75) is 26.3 Å². The second-order valence-electron chi connectivity index (χ2n) is 6.18. The first kappa shape index (κ1) is 22.2. The van der Waals surface area contributed by atoms with Gasteiger partial charge in [-0.3, -0.25) is 14.5 Å². The van der Waals surface area contributed by atoms with Gasteiger partial charge in [-0.25, -0.2) is 0 Å². The van der Waals surface area contributed by atoms with Gasteiger partial charge in [-0.05, 0) is 43.1 Å². The number of hydrogen-bond donors (Lipinski definition) is 2. The van der Waals surface area contributed by atoms with Gasteiger partial charge in [0, 0.05) is 22.4 Å². The number of thiophene rings is 1. The molecule has 0 radical (unpaired) electrons. The number of hydrogen-bond acceptors (Lipinski definition) is 4. The van der Waals surface area contributed by atoms with E-state index in [0.29, 0.717) is 21.2 Å². The van der Waals surface area contributed by atoms with Gasteiger partial charge in [0.2, 0.25) is 0 Å². The summed E-state index contributed by atoms with van der Waals surface area (Å²) >= 11 is 10.9. The molecule has 3 N–H and O–H groups in total. The molecule has 0 unspecified atom stereocenters. The van der Waals surface area contributed by atoms with Gasteiger partial charge in [-0.15, -0.1) is 23.7 Å². The SMILES string of the molecule is CCCN1CCc2c(sc(NC(=O)c3cc(Br)ccc3Cl)c2C(N)=O)C1.Cl. The molecule has 1 aliphatic heterocycles. The van der Waals surface area contributed by atoms with Crippen molar-refractivity contribution in [1.29, 1.82) is 0 Å². The highest BCUT2D eigenvalue weighted by atomic mass is 79.9. The topological polar surface area (TPSA) is 75.4 Å². The lowest BCUT2D eigenvalue weighted by Crippen LogP contribution is -2.31. The maximum atomic E-state index is 12.7. The van der Waals surface area contributed by atoms with Crippen LogP contribution in [0.5, 0.6) is 0 Å². The maximum absolute atomic E-state index is 12.7. The van der Waals surface area contributed by atoms with Gasteiger partial charge in [0.25, 0.3) is 11.8 Å². The van der Waals surface area contributed by atoms with E-state index in [9.17, 15) is 9.59 Å². The van der Waals surface area contributed by atoms with Crippen molar-refractivity contribution < 1.29 is 9.59 Å². The summed E-state index contributed by atoms with van der Waals surface area (Å²) in [5.41, 5.74) is 7.35. The highest BCUT2D eigenvalue weighted by Crippen LogP contribution is 2.37. The number of nitrogens with zero attached hydrogens (tertiary/aromatic N) is 1. The van der Waals surface area contributed by atoms with Gasteiger partial charge in [0.05, 0.1) is 16.1 Å². The fourth-order valence-corrected chi connectivity index (χ4v) is 5.01. The number of nitrogens with two attached hydrogens (primary N) is 1. The van der Waals surface area contributed by atoms with Crippen LogP contribution in [0.25, 0.3) is 0 Å². The lowest BCUT2D eigenvalue weighted by atomic mass is 10.0. The predicted molar refractivity (Wildman–Crippen MR) is 116 cm³/mol. The highest BCUT2D eigenvalue weighted by Gasteiger charge is 2.27. The van der Waals surface area contributed by atoms with Crippen LogP contribution >= 0.6 is 51.3 Å². The van der Waals surface area contributed by atoms with Crippen molar-refractivity contribution in [3.8, 4) is 0 Å². The summed E-state index contributed by atoms with van der Waals surface area (Å²) in [6.45, 7) is 4.83. The van der Waals surface area contributed by atoms with Crippen LogP contribution in [0, 0.1) is 0 Å². The summed E-state index contributed by atoms with van der Waals surface area (Å²) in [4.78, 5) is 28.1. The standard InChI is InChI=1S/C18H19BrClN3O2S.ClH/c1-2-6-23-7-5-11-14(9-23)26-18(15(11)16(21)24)22-17(25)12-8-10(19)3-4-13(12)20;/h3-4,8H,2,5-7,9H2,1H3,(H2,21,24)(H,22,25);1H. The van der Waals surface area contributed by atoms with E-state index >= 15 is 0 Å². The van der Waals surface area contributed by atoms with Crippen LogP contribution in [-0.2, 0) is 13.0 Å². The Morgan fingerprint density at radius 2 is 2.15 bits per heavy atom. The Morgan fingerprint density at radius 1 is 1.41 bits per heavy atom. The molecule has 146 valence electrons. The van der Waals surface area contributed by atoms with Gasteiger partial charge in [0.15, 0.2) is 0 Å². The monoisotopic (exact) mass is 491 g/mol. The fourth-order valence-electron chi connectivity index (χ4n) is 3.15. The smallest absolute Gasteiger partial charge is 0.257 e. The zero-order valence-corrected chi connectivity index (χ0v) is 18.7. The number of anilines is 1. The van der Waals surface area contributed by atoms with Crippen molar-refractivity contribution in [3.05, 3.63) is 49.3 Å². The molecule has 0 bridgehead atoms. The first-order valence-electron chi connectivity index (χ1n) is 8.33. The molecular formula is C18H20BrCl2N3O2S. The Balaban J connectivity index is 0.00000261. The third-order valence-electron chi connectivity index (χ3n) is 4.32. The minimum absolute atomic E-state index is 0. The molecule has 0 atom stereocenters. The predicted octanol–water partition coefficient (Wildman–Crippen LogP) is 4.71. The summed E-state index contributed by atoms with van der Waals surface area (Å²) in [6.07, 6.45) is 1.84. The van der Waals surface area contributed by atoms with Gasteiger partial charge < -0.3 is 11.1 Å². The molecule has 2 amide bonds. The van der Waals surface area contributed by atoms with Crippen LogP contribution in [0.1, 0.15) is 44.5 Å². The molecule has 3 rings (SSSR count). The van der Waals surface area contributed by atoms with Gasteiger partial charge in [-0.2, -0.15) is 0 Å². The molecule has 9 heteroatoms.